The van der Waals surface area contributed by atoms with Crippen LogP contribution in [0, 0.1) is 15.4 Å². The molecular formula is C22H24IN3O. The van der Waals surface area contributed by atoms with E-state index in [4.69, 9.17) is 4.74 Å². The first-order chi connectivity index (χ1) is 13.2. The summed E-state index contributed by atoms with van der Waals surface area (Å²) in [5, 5.41) is 5.70. The van der Waals surface area contributed by atoms with Gasteiger partial charge >= 0.3 is 0 Å². The van der Waals surface area contributed by atoms with Gasteiger partial charge in [-0.15, -0.1) is 0 Å². The average Bonchev–Trinajstić information content (AvgIpc) is 3.07. The maximum atomic E-state index is 5.99. The Hall–Kier alpha value is -2.07. The van der Waals surface area contributed by atoms with Crippen LogP contribution < -0.4 is 4.74 Å². The third-order valence-electron chi connectivity index (χ3n) is 4.33. The number of nitrogens with zero attached hydrogens (tertiary/aromatic N) is 3. The van der Waals surface area contributed by atoms with Gasteiger partial charge in [0, 0.05) is 35.7 Å². The van der Waals surface area contributed by atoms with Gasteiger partial charge in [0.25, 0.3) is 0 Å². The van der Waals surface area contributed by atoms with E-state index in [1.165, 1.54) is 12.8 Å². The Kier molecular flexibility index (Phi) is 7.11. The molecule has 2 aromatic heterocycles. The van der Waals surface area contributed by atoms with Gasteiger partial charge in [-0.3, -0.25) is 4.68 Å². The lowest BCUT2D eigenvalue weighted by molar-refractivity contribution is 0.291. The topological polar surface area (TPSA) is 39.9 Å². The zero-order valence-electron chi connectivity index (χ0n) is 15.8. The Balaban J connectivity index is 1.91. The number of benzene rings is 1. The van der Waals surface area contributed by atoms with E-state index < -0.39 is 0 Å². The Morgan fingerprint density at radius 1 is 1.22 bits per heavy atom. The van der Waals surface area contributed by atoms with Crippen LogP contribution in [0.5, 0.6) is 5.88 Å². The molecule has 0 fully saturated rings. The van der Waals surface area contributed by atoms with Gasteiger partial charge in [-0.2, -0.15) is 5.10 Å². The van der Waals surface area contributed by atoms with Crippen molar-refractivity contribution in [2.24, 2.45) is 0 Å². The summed E-state index contributed by atoms with van der Waals surface area (Å²) in [6.45, 7) is 5.66. The van der Waals surface area contributed by atoms with E-state index in [0.29, 0.717) is 12.5 Å². The first kappa shape index (κ1) is 19.7. The van der Waals surface area contributed by atoms with Crippen LogP contribution in [0.15, 0.2) is 36.7 Å². The van der Waals surface area contributed by atoms with Crippen LogP contribution in [0.25, 0.3) is 10.9 Å². The Bertz CT molecular complexity index is 969. The van der Waals surface area contributed by atoms with Crippen LogP contribution in [-0.4, -0.2) is 14.8 Å². The number of fused-ring (bicyclic) bond motifs is 1. The van der Waals surface area contributed by atoms with E-state index in [1.807, 2.05) is 18.3 Å². The normalized spacial score (nSPS) is 10.6. The molecule has 3 aromatic rings. The first-order valence-corrected chi connectivity index (χ1v) is 10.5. The number of aryl methyl sites for hydroxylation is 1. The van der Waals surface area contributed by atoms with Crippen molar-refractivity contribution in [2.75, 3.05) is 0 Å². The van der Waals surface area contributed by atoms with Crippen LogP contribution in [-0.2, 0) is 13.2 Å². The molecule has 0 aliphatic rings. The number of unbranched alkanes of at least 4 members (excludes halogenated alkanes) is 2. The molecule has 0 radical (unpaired) electrons. The highest BCUT2D eigenvalue weighted by atomic mass is 127. The van der Waals surface area contributed by atoms with Crippen molar-refractivity contribution in [3.8, 4) is 17.7 Å². The molecule has 0 saturated carbocycles. The predicted molar refractivity (Wildman–Crippen MR) is 118 cm³/mol. The fourth-order valence-corrected chi connectivity index (χ4v) is 3.40. The van der Waals surface area contributed by atoms with Crippen molar-refractivity contribution in [3.63, 3.8) is 0 Å². The van der Waals surface area contributed by atoms with E-state index in [9.17, 15) is 0 Å². The zero-order valence-corrected chi connectivity index (χ0v) is 18.0. The highest BCUT2D eigenvalue weighted by Crippen LogP contribution is 2.23. The zero-order chi connectivity index (χ0) is 19.1. The number of hydrogen-bond donors (Lipinski definition) is 0. The highest BCUT2D eigenvalue weighted by molar-refractivity contribution is 14.1. The van der Waals surface area contributed by atoms with Gasteiger partial charge in [-0.25, -0.2) is 4.98 Å². The molecule has 1 aromatic carbocycles. The predicted octanol–water partition coefficient (Wildman–Crippen LogP) is 5.57. The molecular weight excluding hydrogens is 449 g/mol. The number of pyridine rings is 1. The van der Waals surface area contributed by atoms with Crippen molar-refractivity contribution in [3.05, 3.63) is 51.4 Å². The fraction of sp³-hybridized carbons (Fsp3) is 0.364. The molecule has 3 rings (SSSR count). The average molecular weight is 473 g/mol. The molecule has 0 atom stereocenters. The summed E-state index contributed by atoms with van der Waals surface area (Å²) in [6, 6.07) is 8.20. The van der Waals surface area contributed by atoms with E-state index in [-0.39, 0.29) is 0 Å². The Labute approximate surface area is 174 Å². The fourth-order valence-electron chi connectivity index (χ4n) is 2.90. The molecule has 0 bridgehead atoms. The largest absolute Gasteiger partial charge is 0.472 e. The maximum absolute atomic E-state index is 5.99. The Morgan fingerprint density at radius 3 is 2.89 bits per heavy atom. The number of rotatable bonds is 7. The minimum atomic E-state index is 0.441. The molecule has 0 saturated heterocycles. The van der Waals surface area contributed by atoms with Gasteiger partial charge in [-0.1, -0.05) is 38.5 Å². The summed E-state index contributed by atoms with van der Waals surface area (Å²) >= 11 is 2.24. The van der Waals surface area contributed by atoms with E-state index in [2.05, 4.69) is 75.2 Å². The van der Waals surface area contributed by atoms with E-state index in [0.717, 1.165) is 45.0 Å². The number of halogens is 1. The molecule has 140 valence electrons. The van der Waals surface area contributed by atoms with E-state index in [1.54, 1.807) is 6.20 Å². The van der Waals surface area contributed by atoms with Crippen molar-refractivity contribution in [2.45, 2.75) is 52.7 Å². The second kappa shape index (κ2) is 9.75. The lowest BCUT2D eigenvalue weighted by Gasteiger charge is -2.10. The molecule has 0 N–H and O–H groups in total. The summed E-state index contributed by atoms with van der Waals surface area (Å²) in [7, 11) is 0. The molecule has 0 amide bonds. The molecule has 2 heterocycles. The molecule has 0 spiro atoms. The summed E-state index contributed by atoms with van der Waals surface area (Å²) < 4.78 is 9.09. The van der Waals surface area contributed by atoms with Crippen molar-refractivity contribution in [1.29, 1.82) is 0 Å². The van der Waals surface area contributed by atoms with Crippen LogP contribution in [0.4, 0.5) is 0 Å². The summed E-state index contributed by atoms with van der Waals surface area (Å²) in [5.74, 6) is 7.11. The van der Waals surface area contributed by atoms with Gasteiger partial charge in [0.1, 0.15) is 6.61 Å². The van der Waals surface area contributed by atoms with Crippen molar-refractivity contribution >= 4 is 33.5 Å². The third kappa shape index (κ3) is 5.01. The monoisotopic (exact) mass is 473 g/mol. The molecule has 4 nitrogen and oxygen atoms in total. The quantitative estimate of drug-likeness (QED) is 0.256. The number of ether oxygens (including phenoxy) is 1. The maximum Gasteiger partial charge on any atom is 0.227 e. The summed E-state index contributed by atoms with van der Waals surface area (Å²) in [6.07, 6.45) is 8.08. The summed E-state index contributed by atoms with van der Waals surface area (Å²) in [5.41, 5.74) is 3.22. The van der Waals surface area contributed by atoms with Gasteiger partial charge in [0.15, 0.2) is 0 Å². The first-order valence-electron chi connectivity index (χ1n) is 9.43. The standard InChI is InChI=1S/C22H24IN3O/c1-3-5-7-12-26-21-14-19(16-27-22-20(23)10-8-11-24-22)17(9-6-4-2)13-18(21)15-25-26/h8,10-11,13-15H,3-5,7,12,16H2,1-2H3. The smallest absolute Gasteiger partial charge is 0.227 e. The minimum Gasteiger partial charge on any atom is -0.472 e. The molecule has 27 heavy (non-hydrogen) atoms. The van der Waals surface area contributed by atoms with Crippen LogP contribution in [0.3, 0.4) is 0 Å². The van der Waals surface area contributed by atoms with Crippen LogP contribution in [0.1, 0.15) is 50.7 Å². The molecule has 5 heteroatoms. The molecule has 0 aliphatic carbocycles. The highest BCUT2D eigenvalue weighted by Gasteiger charge is 2.10. The van der Waals surface area contributed by atoms with Gasteiger partial charge in [0.05, 0.1) is 15.3 Å². The lowest BCUT2D eigenvalue weighted by Crippen LogP contribution is -2.03. The van der Waals surface area contributed by atoms with Crippen molar-refractivity contribution < 1.29 is 4.74 Å². The SMILES string of the molecule is CCC#Cc1cc2cnn(CCCCC)c2cc1COc1ncccc1I. The number of hydrogen-bond acceptors (Lipinski definition) is 3. The van der Waals surface area contributed by atoms with E-state index >= 15 is 0 Å². The van der Waals surface area contributed by atoms with Gasteiger partial charge in [0.2, 0.25) is 5.88 Å². The lowest BCUT2D eigenvalue weighted by atomic mass is 10.1. The van der Waals surface area contributed by atoms with Gasteiger partial charge < -0.3 is 4.74 Å². The van der Waals surface area contributed by atoms with Crippen molar-refractivity contribution in [1.82, 2.24) is 14.8 Å². The minimum absolute atomic E-state index is 0.441. The summed E-state index contributed by atoms with van der Waals surface area (Å²) in [4.78, 5) is 4.32. The second-order valence-electron chi connectivity index (χ2n) is 6.38. The van der Waals surface area contributed by atoms with Crippen LogP contribution >= 0.6 is 22.6 Å². The molecule has 0 unspecified atom stereocenters. The van der Waals surface area contributed by atoms with Gasteiger partial charge in [-0.05, 0) is 53.3 Å². The van der Waals surface area contributed by atoms with Crippen LogP contribution in [0.2, 0.25) is 0 Å². The number of aromatic nitrogens is 3. The molecule has 0 aliphatic heterocycles. The second-order valence-corrected chi connectivity index (χ2v) is 7.54. The third-order valence-corrected chi connectivity index (χ3v) is 5.15. The Morgan fingerprint density at radius 2 is 2.11 bits per heavy atom.